The number of ether oxygens (including phenoxy) is 4. The molecule has 0 aromatic heterocycles. The Hall–Kier alpha value is -2.96. The lowest BCUT2D eigenvalue weighted by Crippen LogP contribution is -2.15. The van der Waals surface area contributed by atoms with Crippen molar-refractivity contribution in [3.05, 3.63) is 52.1 Å². The highest BCUT2D eigenvalue weighted by Gasteiger charge is 2.14. The van der Waals surface area contributed by atoms with Gasteiger partial charge >= 0.3 is 0 Å². The van der Waals surface area contributed by atoms with Crippen LogP contribution in [-0.2, 0) is 6.61 Å². The zero-order valence-corrected chi connectivity index (χ0v) is 12.5. The summed E-state index contributed by atoms with van der Waals surface area (Å²) >= 11 is 0. The third-order valence-electron chi connectivity index (χ3n) is 3.36. The number of benzene rings is 2. The topological polar surface area (TPSA) is 80.1 Å². The zero-order chi connectivity index (χ0) is 16.2. The van der Waals surface area contributed by atoms with E-state index in [0.717, 1.165) is 5.56 Å². The summed E-state index contributed by atoms with van der Waals surface area (Å²) in [6, 6.07) is 9.73. The molecule has 0 unspecified atom stereocenters. The van der Waals surface area contributed by atoms with Crippen molar-refractivity contribution in [1.29, 1.82) is 0 Å². The predicted molar refractivity (Wildman–Crippen MR) is 81.4 cm³/mol. The number of hydrogen-bond donors (Lipinski definition) is 0. The van der Waals surface area contributed by atoms with Gasteiger partial charge in [0.05, 0.1) is 18.1 Å². The van der Waals surface area contributed by atoms with Gasteiger partial charge in [0.2, 0.25) is 0 Å². The van der Waals surface area contributed by atoms with Crippen LogP contribution in [0.3, 0.4) is 0 Å². The summed E-state index contributed by atoms with van der Waals surface area (Å²) in [6.07, 6.45) is 0. The Kier molecular flexibility index (Phi) is 4.18. The first-order chi connectivity index (χ1) is 11.2. The van der Waals surface area contributed by atoms with Crippen molar-refractivity contribution in [3.63, 3.8) is 0 Å². The molecular formula is C16H15NO6. The van der Waals surface area contributed by atoms with Crippen LogP contribution in [0.5, 0.6) is 23.0 Å². The number of hydrogen-bond acceptors (Lipinski definition) is 6. The maximum Gasteiger partial charge on any atom is 0.273 e. The van der Waals surface area contributed by atoms with Gasteiger partial charge in [0.15, 0.2) is 23.0 Å². The van der Waals surface area contributed by atoms with Gasteiger partial charge in [-0.25, -0.2) is 0 Å². The molecule has 1 aliphatic heterocycles. The van der Waals surface area contributed by atoms with E-state index in [9.17, 15) is 10.1 Å². The minimum Gasteiger partial charge on any atom is -0.493 e. The highest BCUT2D eigenvalue weighted by Crippen LogP contribution is 2.33. The van der Waals surface area contributed by atoms with Crippen LogP contribution in [0.2, 0.25) is 0 Å². The Morgan fingerprint density at radius 2 is 1.87 bits per heavy atom. The van der Waals surface area contributed by atoms with E-state index in [4.69, 9.17) is 18.9 Å². The highest BCUT2D eigenvalue weighted by atomic mass is 16.6. The highest BCUT2D eigenvalue weighted by molar-refractivity contribution is 5.49. The normalized spacial score (nSPS) is 12.6. The monoisotopic (exact) mass is 317 g/mol. The molecule has 0 radical (unpaired) electrons. The number of fused-ring (bicyclic) bond motifs is 1. The molecule has 0 atom stereocenters. The fourth-order valence-electron chi connectivity index (χ4n) is 2.23. The number of nitrogens with zero attached hydrogens (tertiary/aromatic N) is 1. The van der Waals surface area contributed by atoms with Crippen molar-refractivity contribution in [1.82, 2.24) is 0 Å². The van der Waals surface area contributed by atoms with Gasteiger partial charge in [0.25, 0.3) is 5.69 Å². The molecule has 0 amide bonds. The summed E-state index contributed by atoms with van der Waals surface area (Å²) in [7, 11) is 1.48. The van der Waals surface area contributed by atoms with Gasteiger partial charge in [-0.05, 0) is 23.8 Å². The Morgan fingerprint density at radius 1 is 1.09 bits per heavy atom. The molecule has 2 aromatic carbocycles. The number of nitro benzene ring substituents is 1. The molecule has 0 N–H and O–H groups in total. The molecule has 2 aromatic rings. The first-order valence-electron chi connectivity index (χ1n) is 7.01. The molecule has 0 aliphatic carbocycles. The number of nitro groups is 1. The van der Waals surface area contributed by atoms with Crippen LogP contribution in [0.4, 0.5) is 5.69 Å². The molecule has 120 valence electrons. The maximum absolute atomic E-state index is 10.9. The van der Waals surface area contributed by atoms with Gasteiger partial charge in [-0.15, -0.1) is 0 Å². The Labute approximate surface area is 132 Å². The van der Waals surface area contributed by atoms with Gasteiger partial charge in [-0.3, -0.25) is 10.1 Å². The summed E-state index contributed by atoms with van der Waals surface area (Å²) in [5.41, 5.74) is 0.811. The summed E-state index contributed by atoms with van der Waals surface area (Å²) in [5.74, 6) is 2.13. The Bertz CT molecular complexity index is 731. The lowest BCUT2D eigenvalue weighted by atomic mass is 10.2. The van der Waals surface area contributed by atoms with E-state index in [0.29, 0.717) is 36.2 Å². The lowest BCUT2D eigenvalue weighted by molar-refractivity contribution is -0.385. The fourth-order valence-corrected chi connectivity index (χ4v) is 2.23. The number of non-ortho nitro benzene ring substituents is 1. The molecule has 0 saturated carbocycles. The minimum atomic E-state index is -0.476. The van der Waals surface area contributed by atoms with Gasteiger partial charge in [-0.1, -0.05) is 6.07 Å². The number of rotatable bonds is 5. The van der Waals surface area contributed by atoms with Gasteiger partial charge in [0.1, 0.15) is 19.8 Å². The Balaban J connectivity index is 1.77. The fraction of sp³-hybridized carbons (Fsp3) is 0.250. The molecule has 1 heterocycles. The molecule has 23 heavy (non-hydrogen) atoms. The van der Waals surface area contributed by atoms with E-state index in [2.05, 4.69) is 0 Å². The van der Waals surface area contributed by atoms with Crippen molar-refractivity contribution < 1.29 is 23.9 Å². The number of methoxy groups -OCH3 is 1. The molecule has 0 spiro atoms. The molecule has 0 fully saturated rings. The van der Waals surface area contributed by atoms with E-state index in [1.165, 1.54) is 25.3 Å². The van der Waals surface area contributed by atoms with Crippen molar-refractivity contribution >= 4 is 5.69 Å². The van der Waals surface area contributed by atoms with E-state index in [1.807, 2.05) is 18.2 Å². The third-order valence-corrected chi connectivity index (χ3v) is 3.36. The first-order valence-corrected chi connectivity index (χ1v) is 7.01. The predicted octanol–water partition coefficient (Wildman–Crippen LogP) is 2.95. The molecule has 0 saturated heterocycles. The van der Waals surface area contributed by atoms with Crippen molar-refractivity contribution in [2.75, 3.05) is 20.3 Å². The maximum atomic E-state index is 10.9. The lowest BCUT2D eigenvalue weighted by Gasteiger charge is -2.19. The molecular weight excluding hydrogens is 302 g/mol. The van der Waals surface area contributed by atoms with Crippen LogP contribution in [0.25, 0.3) is 0 Å². The Morgan fingerprint density at radius 3 is 2.61 bits per heavy atom. The van der Waals surface area contributed by atoms with E-state index >= 15 is 0 Å². The summed E-state index contributed by atoms with van der Waals surface area (Å²) in [6.45, 7) is 1.28. The molecule has 1 aliphatic rings. The average molecular weight is 317 g/mol. The van der Waals surface area contributed by atoms with E-state index in [-0.39, 0.29) is 12.3 Å². The van der Waals surface area contributed by atoms with Crippen molar-refractivity contribution in [2.24, 2.45) is 0 Å². The van der Waals surface area contributed by atoms with E-state index in [1.54, 1.807) is 0 Å². The largest absolute Gasteiger partial charge is 0.493 e. The average Bonchev–Trinajstić information content (AvgIpc) is 2.59. The summed E-state index contributed by atoms with van der Waals surface area (Å²) < 4.78 is 21.8. The standard InChI is InChI=1S/C16H15NO6/c1-20-13-5-3-12(17(18)19)9-16(13)23-10-11-2-4-14-15(8-11)22-7-6-21-14/h2-5,8-9H,6-7,10H2,1H3. The van der Waals surface area contributed by atoms with Crippen LogP contribution < -0.4 is 18.9 Å². The van der Waals surface area contributed by atoms with Crippen LogP contribution in [0, 0.1) is 10.1 Å². The van der Waals surface area contributed by atoms with Crippen molar-refractivity contribution in [2.45, 2.75) is 6.61 Å². The second-order valence-corrected chi connectivity index (χ2v) is 4.86. The van der Waals surface area contributed by atoms with Gasteiger partial charge in [-0.2, -0.15) is 0 Å². The van der Waals surface area contributed by atoms with Crippen molar-refractivity contribution in [3.8, 4) is 23.0 Å². The summed E-state index contributed by atoms with van der Waals surface area (Å²) in [5, 5.41) is 10.9. The van der Waals surface area contributed by atoms with Crippen LogP contribution >= 0.6 is 0 Å². The molecule has 0 bridgehead atoms. The molecule has 7 heteroatoms. The second kappa shape index (κ2) is 6.43. The summed E-state index contributed by atoms with van der Waals surface area (Å²) in [4.78, 5) is 10.4. The second-order valence-electron chi connectivity index (χ2n) is 4.86. The quantitative estimate of drug-likeness (QED) is 0.623. The smallest absolute Gasteiger partial charge is 0.273 e. The first kappa shape index (κ1) is 15.0. The molecule has 3 rings (SSSR count). The molecule has 7 nitrogen and oxygen atoms in total. The van der Waals surface area contributed by atoms with Crippen LogP contribution in [-0.4, -0.2) is 25.2 Å². The van der Waals surface area contributed by atoms with E-state index < -0.39 is 4.92 Å². The van der Waals surface area contributed by atoms with Crippen LogP contribution in [0.15, 0.2) is 36.4 Å². The van der Waals surface area contributed by atoms with Gasteiger partial charge < -0.3 is 18.9 Å². The van der Waals surface area contributed by atoms with Gasteiger partial charge in [0, 0.05) is 6.07 Å². The SMILES string of the molecule is COc1ccc([N+](=O)[O-])cc1OCc1ccc2c(c1)OCCO2. The zero-order valence-electron chi connectivity index (χ0n) is 12.5. The minimum absolute atomic E-state index is 0.0528. The van der Waals surface area contributed by atoms with Crippen LogP contribution in [0.1, 0.15) is 5.56 Å². The third kappa shape index (κ3) is 3.28.